The first-order valence-corrected chi connectivity index (χ1v) is 18.5. The molecule has 2 heterocycles. The zero-order valence-electron chi connectivity index (χ0n) is 32.9. The number of carbonyl (C=O) groups is 5. The van der Waals surface area contributed by atoms with Gasteiger partial charge in [0.25, 0.3) is 0 Å². The van der Waals surface area contributed by atoms with Gasteiger partial charge in [-0.2, -0.15) is 0 Å². The summed E-state index contributed by atoms with van der Waals surface area (Å²) < 4.78 is 33.5. The highest BCUT2D eigenvalue weighted by Gasteiger charge is 2.55. The van der Waals surface area contributed by atoms with Gasteiger partial charge < -0.3 is 105 Å². The minimum absolute atomic E-state index is 0.384. The number of ether oxygens (including phenoxy) is 6. The molecule has 26 nitrogen and oxygen atoms in total. The van der Waals surface area contributed by atoms with Crippen LogP contribution >= 0.6 is 0 Å². The summed E-state index contributed by atoms with van der Waals surface area (Å²) in [7, 11) is 0. The minimum Gasteiger partial charge on any atom is -0.504 e. The SMILES string of the molecule is O=C(OC1C(OC(=O)c2cc(O)c(O)c(O)c2)[C@H]2COC(=O)c3cc(O)c(O)c(O)c3-c3c(cc(O)c(O)c3O)C(=O)OC(O2)[C@@H]1OC(=O)c1cc(O)c(O)c(O)c1)c1cc(O)c(O)c(O)c1. The molecule has 0 aliphatic carbocycles. The number of fused-ring (bicyclic) bond motifs is 5. The van der Waals surface area contributed by atoms with Gasteiger partial charge in [-0.15, -0.1) is 0 Å². The number of aromatic hydroxyl groups is 15. The quantitative estimate of drug-likeness (QED) is 0.0654. The van der Waals surface area contributed by atoms with E-state index in [4.69, 9.17) is 28.4 Å². The highest BCUT2D eigenvalue weighted by molar-refractivity contribution is 6.08. The smallest absolute Gasteiger partial charge is 0.341 e. The third-order valence-electron chi connectivity index (χ3n) is 10.0. The number of hydrogen-bond acceptors (Lipinski definition) is 26. The number of carbonyl (C=O) groups excluding carboxylic acids is 5. The van der Waals surface area contributed by atoms with Crippen LogP contribution in [0.15, 0.2) is 48.5 Å². The Labute approximate surface area is 369 Å². The first-order chi connectivity index (χ1) is 31.5. The van der Waals surface area contributed by atoms with Gasteiger partial charge in [0.05, 0.1) is 27.8 Å². The molecular formula is C41H30O26. The molecule has 2 aliphatic heterocycles. The summed E-state index contributed by atoms with van der Waals surface area (Å²) in [5.41, 5.74) is -6.75. The number of phenols is 15. The molecule has 1 fully saturated rings. The van der Waals surface area contributed by atoms with Gasteiger partial charge in [0.1, 0.15) is 12.7 Å². The number of cyclic esters (lactones) is 1. The van der Waals surface area contributed by atoms with Crippen molar-refractivity contribution in [1.29, 1.82) is 0 Å². The zero-order valence-corrected chi connectivity index (χ0v) is 32.9. The van der Waals surface area contributed by atoms with Crippen molar-refractivity contribution in [1.82, 2.24) is 0 Å². The Morgan fingerprint density at radius 1 is 0.418 bits per heavy atom. The standard InChI is InChI=1S/C41H30O26/c42-15-1-10(2-16(43)26(15)50)36(57)64-33-23-9-62-39(60)13-7-21(48)29(53)31(55)24(13)25-14(8-22(49)30(54)32(25)56)40(61)67-41(63-23)35(66-38(59)12-5-19(46)28(52)20(47)6-12)34(33)65-37(58)11-3-17(44)27(51)18(45)4-11/h1-8,23,33-35,41-56H,9H2/t23-,33?,34?,35-,41?/m1/s1. The molecule has 0 spiro atoms. The topological polar surface area (TPSA) is 444 Å². The molecule has 3 unspecified atom stereocenters. The maximum Gasteiger partial charge on any atom is 0.341 e. The van der Waals surface area contributed by atoms with E-state index in [0.29, 0.717) is 48.5 Å². The second-order valence-corrected chi connectivity index (χ2v) is 14.3. The van der Waals surface area contributed by atoms with Gasteiger partial charge in [-0.3, -0.25) is 0 Å². The van der Waals surface area contributed by atoms with Crippen LogP contribution in [0.3, 0.4) is 0 Å². The molecule has 15 N–H and O–H groups in total. The van der Waals surface area contributed by atoms with E-state index < -0.39 is 192 Å². The molecule has 0 amide bonds. The normalized spacial score (nSPS) is 19.0. The van der Waals surface area contributed by atoms with Gasteiger partial charge >= 0.3 is 29.8 Å². The van der Waals surface area contributed by atoms with Crippen molar-refractivity contribution in [3.8, 4) is 97.4 Å². The van der Waals surface area contributed by atoms with Crippen molar-refractivity contribution in [3.05, 3.63) is 76.3 Å². The molecule has 2 bridgehead atoms. The maximum absolute atomic E-state index is 14.3. The van der Waals surface area contributed by atoms with E-state index in [2.05, 4.69) is 0 Å². The van der Waals surface area contributed by atoms with Crippen LogP contribution in [0.2, 0.25) is 0 Å². The van der Waals surface area contributed by atoms with Crippen LogP contribution in [0, 0.1) is 0 Å². The molecular weight excluding hydrogens is 908 g/mol. The molecule has 5 aromatic carbocycles. The van der Waals surface area contributed by atoms with E-state index in [9.17, 15) is 101 Å². The molecule has 5 atom stereocenters. The maximum atomic E-state index is 14.3. The van der Waals surface area contributed by atoms with Crippen LogP contribution < -0.4 is 0 Å². The van der Waals surface area contributed by atoms with Crippen LogP contribution in [0.1, 0.15) is 51.8 Å². The fourth-order valence-electron chi connectivity index (χ4n) is 6.77. The molecule has 1 saturated heterocycles. The van der Waals surface area contributed by atoms with Crippen molar-refractivity contribution < 1.29 is 129 Å². The van der Waals surface area contributed by atoms with Gasteiger partial charge in [-0.1, -0.05) is 0 Å². The lowest BCUT2D eigenvalue weighted by atomic mass is 9.91. The fourth-order valence-corrected chi connectivity index (χ4v) is 6.77. The Bertz CT molecular complexity index is 2870. The van der Waals surface area contributed by atoms with Crippen molar-refractivity contribution in [3.63, 3.8) is 0 Å². The van der Waals surface area contributed by atoms with E-state index in [-0.39, 0.29) is 0 Å². The number of rotatable bonds is 6. The third-order valence-corrected chi connectivity index (χ3v) is 10.0. The van der Waals surface area contributed by atoms with Crippen LogP contribution in [-0.4, -0.2) is 144 Å². The summed E-state index contributed by atoms with van der Waals surface area (Å²) >= 11 is 0. The molecule has 5 aromatic rings. The molecule has 7 rings (SSSR count). The van der Waals surface area contributed by atoms with Gasteiger partial charge in [-0.25, -0.2) is 24.0 Å². The Hall–Kier alpha value is -9.59. The highest BCUT2D eigenvalue weighted by atomic mass is 16.7. The molecule has 0 aromatic heterocycles. The first-order valence-electron chi connectivity index (χ1n) is 18.5. The van der Waals surface area contributed by atoms with Crippen LogP contribution in [-0.2, 0) is 28.4 Å². The third kappa shape index (κ3) is 8.12. The minimum atomic E-state index is -2.60. The lowest BCUT2D eigenvalue weighted by Crippen LogP contribution is -2.63. The Kier molecular flexibility index (Phi) is 11.4. The van der Waals surface area contributed by atoms with Crippen LogP contribution in [0.4, 0.5) is 0 Å². The summed E-state index contributed by atoms with van der Waals surface area (Å²) in [5, 5.41) is 155. The summed E-state index contributed by atoms with van der Waals surface area (Å²) in [6, 6.07) is 4.09. The monoisotopic (exact) mass is 938 g/mol. The average Bonchev–Trinajstić information content (AvgIpc) is 3.27. The summed E-state index contributed by atoms with van der Waals surface area (Å²) in [6.45, 7) is -1.28. The Balaban J connectivity index is 1.46. The largest absolute Gasteiger partial charge is 0.504 e. The van der Waals surface area contributed by atoms with Gasteiger partial charge in [0.2, 0.25) is 23.9 Å². The predicted octanol–water partition coefficient (Wildman–Crippen LogP) is 1.67. The molecule has 26 heteroatoms. The second kappa shape index (κ2) is 16.8. The van der Waals surface area contributed by atoms with Gasteiger partial charge in [0.15, 0.2) is 87.0 Å². The molecule has 2 aliphatic rings. The predicted molar refractivity (Wildman–Crippen MR) is 208 cm³/mol. The molecule has 0 saturated carbocycles. The van der Waals surface area contributed by atoms with Crippen molar-refractivity contribution in [2.45, 2.75) is 30.7 Å². The number of esters is 5. The van der Waals surface area contributed by atoms with Gasteiger partial charge in [0, 0.05) is 11.1 Å². The van der Waals surface area contributed by atoms with E-state index >= 15 is 0 Å². The lowest BCUT2D eigenvalue weighted by molar-refractivity contribution is -0.282. The summed E-state index contributed by atoms with van der Waals surface area (Å²) in [4.78, 5) is 69.9. The number of phenolic OH excluding ortho intramolecular Hbond substituents is 15. The summed E-state index contributed by atoms with van der Waals surface area (Å²) in [6.07, 6.45) is -12.3. The average molecular weight is 939 g/mol. The lowest BCUT2D eigenvalue weighted by Gasteiger charge is -2.44. The zero-order chi connectivity index (χ0) is 49.1. The van der Waals surface area contributed by atoms with E-state index in [1.54, 1.807) is 0 Å². The van der Waals surface area contributed by atoms with Crippen molar-refractivity contribution in [2.75, 3.05) is 6.61 Å². The van der Waals surface area contributed by atoms with Crippen molar-refractivity contribution >= 4 is 29.8 Å². The molecule has 67 heavy (non-hydrogen) atoms. The molecule has 0 radical (unpaired) electrons. The van der Waals surface area contributed by atoms with E-state index in [1.165, 1.54) is 0 Å². The summed E-state index contributed by atoms with van der Waals surface area (Å²) in [5.74, 6) is -26.7. The fraction of sp³-hybridized carbons (Fsp3) is 0.146. The van der Waals surface area contributed by atoms with E-state index in [1.807, 2.05) is 0 Å². The second-order valence-electron chi connectivity index (χ2n) is 14.3. The number of benzene rings is 5. The van der Waals surface area contributed by atoms with E-state index in [0.717, 1.165) is 0 Å². The molecule has 350 valence electrons. The van der Waals surface area contributed by atoms with Gasteiger partial charge in [-0.05, 0) is 48.5 Å². The highest BCUT2D eigenvalue weighted by Crippen LogP contribution is 2.53. The Morgan fingerprint density at radius 3 is 1.13 bits per heavy atom. The Morgan fingerprint density at radius 2 is 0.746 bits per heavy atom. The first kappa shape index (κ1) is 45.4. The van der Waals surface area contributed by atoms with Crippen LogP contribution in [0.5, 0.6) is 86.2 Å². The van der Waals surface area contributed by atoms with Crippen LogP contribution in [0.25, 0.3) is 11.1 Å². The van der Waals surface area contributed by atoms with Crippen molar-refractivity contribution in [2.24, 2.45) is 0 Å². The number of hydrogen-bond donors (Lipinski definition) is 15.